The van der Waals surface area contributed by atoms with Gasteiger partial charge in [0.1, 0.15) is 23.5 Å². The van der Waals surface area contributed by atoms with E-state index in [-0.39, 0.29) is 11.4 Å². The molecule has 1 heterocycles. The molecular formula is C33H26FN3O4. The van der Waals surface area contributed by atoms with E-state index in [1.54, 1.807) is 48.7 Å². The molecule has 0 atom stereocenters. The van der Waals surface area contributed by atoms with E-state index in [1.165, 1.54) is 17.0 Å². The van der Waals surface area contributed by atoms with Gasteiger partial charge < -0.3 is 15.2 Å². The van der Waals surface area contributed by atoms with Crippen molar-refractivity contribution in [1.29, 1.82) is 0 Å². The van der Waals surface area contributed by atoms with E-state index in [4.69, 9.17) is 15.2 Å². The first-order valence-corrected chi connectivity index (χ1v) is 13.2. The Hall–Kier alpha value is -5.24. The standard InChI is InChI=1S/C33H26FN3O4/c34-27-19-24(37(23-9-5-2-6-10-23)32(39)33(16-17-33)31(35)38)11-14-30(27)41-29-15-18-36-28-20-25(12-13-26(28)29)40-21-22-7-3-1-4-8-22/h1-15,18-20H,16-17,21H2,(H2,35,38). The molecule has 204 valence electrons. The zero-order valence-electron chi connectivity index (χ0n) is 22.0. The molecule has 0 bridgehead atoms. The second-order valence-electron chi connectivity index (χ2n) is 9.90. The maximum atomic E-state index is 15.5. The number of carbonyl (C=O) groups excluding carboxylic acids is 2. The number of ether oxygens (including phenoxy) is 2. The van der Waals surface area contributed by atoms with Crippen molar-refractivity contribution in [2.45, 2.75) is 19.4 Å². The first-order chi connectivity index (χ1) is 19.9. The van der Waals surface area contributed by atoms with Crippen molar-refractivity contribution >= 4 is 34.1 Å². The Morgan fingerprint density at radius 1 is 0.854 bits per heavy atom. The molecule has 2 amide bonds. The first-order valence-electron chi connectivity index (χ1n) is 13.2. The highest BCUT2D eigenvalue weighted by Crippen LogP contribution is 2.49. The molecule has 0 saturated heterocycles. The van der Waals surface area contributed by atoms with Crippen molar-refractivity contribution in [3.05, 3.63) is 121 Å². The molecule has 1 aliphatic carbocycles. The summed E-state index contributed by atoms with van der Waals surface area (Å²) in [4.78, 5) is 31.4. The number of primary amides is 1. The van der Waals surface area contributed by atoms with E-state index < -0.39 is 23.0 Å². The number of benzene rings is 4. The van der Waals surface area contributed by atoms with Gasteiger partial charge in [0.25, 0.3) is 0 Å². The molecule has 0 unspecified atom stereocenters. The van der Waals surface area contributed by atoms with Gasteiger partial charge in [0.15, 0.2) is 11.6 Å². The molecule has 0 spiro atoms. The lowest BCUT2D eigenvalue weighted by atomic mass is 10.0. The fourth-order valence-corrected chi connectivity index (χ4v) is 4.72. The highest BCUT2D eigenvalue weighted by atomic mass is 19.1. The van der Waals surface area contributed by atoms with Crippen molar-refractivity contribution in [2.75, 3.05) is 4.90 Å². The van der Waals surface area contributed by atoms with Gasteiger partial charge in [0.2, 0.25) is 11.8 Å². The van der Waals surface area contributed by atoms with Crippen molar-refractivity contribution in [2.24, 2.45) is 11.1 Å². The average Bonchev–Trinajstić information content (AvgIpc) is 3.81. The summed E-state index contributed by atoms with van der Waals surface area (Å²) in [6.07, 6.45) is 2.31. The molecule has 4 aromatic carbocycles. The van der Waals surface area contributed by atoms with Crippen molar-refractivity contribution < 1.29 is 23.5 Å². The number of para-hydroxylation sites is 1. The lowest BCUT2D eigenvalue weighted by molar-refractivity contribution is -0.133. The van der Waals surface area contributed by atoms with E-state index >= 15 is 4.39 Å². The number of hydrogen-bond acceptors (Lipinski definition) is 5. The quantitative estimate of drug-likeness (QED) is 0.208. The largest absolute Gasteiger partial charge is 0.489 e. The van der Waals surface area contributed by atoms with Crippen molar-refractivity contribution in [1.82, 2.24) is 4.98 Å². The van der Waals surface area contributed by atoms with Crippen LogP contribution in [0, 0.1) is 11.2 Å². The van der Waals surface area contributed by atoms with Crippen LogP contribution in [0.4, 0.5) is 15.8 Å². The third-order valence-corrected chi connectivity index (χ3v) is 7.16. The Labute approximate surface area is 236 Å². The second kappa shape index (κ2) is 10.7. The van der Waals surface area contributed by atoms with Gasteiger partial charge >= 0.3 is 0 Å². The van der Waals surface area contributed by atoms with Crippen molar-refractivity contribution in [3.63, 3.8) is 0 Å². The fraction of sp³-hybridized carbons (Fsp3) is 0.121. The molecule has 5 aromatic rings. The van der Waals surface area contributed by atoms with Gasteiger partial charge in [-0.25, -0.2) is 4.39 Å². The zero-order chi connectivity index (χ0) is 28.4. The summed E-state index contributed by atoms with van der Waals surface area (Å²) in [6.45, 7) is 0.420. The zero-order valence-corrected chi connectivity index (χ0v) is 22.0. The molecule has 7 nitrogen and oxygen atoms in total. The molecule has 6 rings (SSSR count). The molecule has 8 heteroatoms. The van der Waals surface area contributed by atoms with Crippen LogP contribution in [-0.4, -0.2) is 16.8 Å². The number of anilines is 2. The van der Waals surface area contributed by atoms with Crippen LogP contribution in [0.15, 0.2) is 109 Å². The first kappa shape index (κ1) is 26.0. The van der Waals surface area contributed by atoms with Gasteiger partial charge in [-0.05, 0) is 60.9 Å². The Morgan fingerprint density at radius 2 is 1.59 bits per heavy atom. The van der Waals surface area contributed by atoms with E-state index in [1.807, 2.05) is 48.5 Å². The fourth-order valence-electron chi connectivity index (χ4n) is 4.72. The summed E-state index contributed by atoms with van der Waals surface area (Å²) in [6, 6.07) is 30.0. The minimum absolute atomic E-state index is 0.0258. The average molecular weight is 548 g/mol. The van der Waals surface area contributed by atoms with Gasteiger partial charge in [0.05, 0.1) is 11.2 Å². The van der Waals surface area contributed by atoms with Crippen LogP contribution in [-0.2, 0) is 16.2 Å². The number of halogens is 1. The minimum atomic E-state index is -1.28. The summed E-state index contributed by atoms with van der Waals surface area (Å²) in [5, 5.41) is 0.682. The monoisotopic (exact) mass is 547 g/mol. The van der Waals surface area contributed by atoms with Crippen LogP contribution >= 0.6 is 0 Å². The number of nitrogens with two attached hydrogens (primary N) is 1. The minimum Gasteiger partial charge on any atom is -0.489 e. The molecule has 1 fully saturated rings. The number of rotatable bonds is 9. The molecule has 1 saturated carbocycles. The van der Waals surface area contributed by atoms with Gasteiger partial charge in [-0.2, -0.15) is 0 Å². The Morgan fingerprint density at radius 3 is 2.27 bits per heavy atom. The van der Waals surface area contributed by atoms with Gasteiger partial charge in [-0.1, -0.05) is 48.5 Å². The van der Waals surface area contributed by atoms with E-state index in [9.17, 15) is 9.59 Å². The second-order valence-corrected chi connectivity index (χ2v) is 9.90. The predicted octanol–water partition coefficient (Wildman–Crippen LogP) is 6.68. The third-order valence-electron chi connectivity index (χ3n) is 7.16. The molecule has 1 aliphatic rings. The number of carbonyl (C=O) groups is 2. The normalized spacial score (nSPS) is 13.4. The Kier molecular flexibility index (Phi) is 6.81. The van der Waals surface area contributed by atoms with E-state index in [0.29, 0.717) is 47.5 Å². The topological polar surface area (TPSA) is 94.8 Å². The molecular weight excluding hydrogens is 521 g/mol. The summed E-state index contributed by atoms with van der Waals surface area (Å²) in [5.41, 5.74) is 6.74. The van der Waals surface area contributed by atoms with E-state index in [0.717, 1.165) is 5.56 Å². The molecule has 0 aliphatic heterocycles. The highest BCUT2D eigenvalue weighted by Gasteiger charge is 2.57. The molecule has 41 heavy (non-hydrogen) atoms. The number of pyridine rings is 1. The van der Waals surface area contributed by atoms with Crippen LogP contribution < -0.4 is 20.1 Å². The molecule has 0 radical (unpaired) electrons. The number of hydrogen-bond donors (Lipinski definition) is 1. The van der Waals surface area contributed by atoms with Crippen LogP contribution in [0.3, 0.4) is 0 Å². The molecule has 1 aromatic heterocycles. The maximum absolute atomic E-state index is 15.5. The maximum Gasteiger partial charge on any atom is 0.247 e. The predicted molar refractivity (Wildman–Crippen MR) is 153 cm³/mol. The summed E-state index contributed by atoms with van der Waals surface area (Å²) in [7, 11) is 0. The number of aromatic nitrogens is 1. The Bertz CT molecular complexity index is 1740. The van der Waals surface area contributed by atoms with Crippen LogP contribution in [0.5, 0.6) is 17.2 Å². The summed E-state index contributed by atoms with van der Waals surface area (Å²) in [5.74, 6) is -0.790. The number of nitrogens with zero attached hydrogens (tertiary/aromatic N) is 2. The number of amides is 2. The van der Waals surface area contributed by atoms with Crippen LogP contribution in [0.2, 0.25) is 0 Å². The summed E-state index contributed by atoms with van der Waals surface area (Å²) < 4.78 is 27.4. The Balaban J connectivity index is 1.26. The van der Waals surface area contributed by atoms with Crippen LogP contribution in [0.1, 0.15) is 18.4 Å². The van der Waals surface area contributed by atoms with Crippen LogP contribution in [0.25, 0.3) is 10.9 Å². The van der Waals surface area contributed by atoms with Gasteiger partial charge in [0, 0.05) is 29.4 Å². The smallest absolute Gasteiger partial charge is 0.247 e. The lowest BCUT2D eigenvalue weighted by Gasteiger charge is -2.26. The SMILES string of the molecule is NC(=O)C1(C(=O)N(c2ccccc2)c2ccc(Oc3ccnc4cc(OCc5ccccc5)ccc34)c(F)c2)CC1. The summed E-state index contributed by atoms with van der Waals surface area (Å²) >= 11 is 0. The van der Waals surface area contributed by atoms with Crippen molar-refractivity contribution in [3.8, 4) is 17.2 Å². The highest BCUT2D eigenvalue weighted by molar-refractivity contribution is 6.16. The third kappa shape index (κ3) is 5.19. The van der Waals surface area contributed by atoms with Gasteiger partial charge in [-0.15, -0.1) is 0 Å². The number of fused-ring (bicyclic) bond motifs is 1. The molecule has 2 N–H and O–H groups in total. The van der Waals surface area contributed by atoms with E-state index in [2.05, 4.69) is 4.98 Å². The van der Waals surface area contributed by atoms with Gasteiger partial charge in [-0.3, -0.25) is 19.5 Å². The lowest BCUT2D eigenvalue weighted by Crippen LogP contribution is -2.41.